The zero-order chi connectivity index (χ0) is 26.3. The van der Waals surface area contributed by atoms with Crippen LogP contribution in [-0.2, 0) is 17.7 Å². The maximum atomic E-state index is 9.73. The number of piperazine rings is 1. The number of aromatic nitrogens is 6. The summed E-state index contributed by atoms with van der Waals surface area (Å²) in [6.07, 6.45) is 0.414. The number of H-pyrrole nitrogens is 1. The van der Waals surface area contributed by atoms with E-state index in [1.807, 2.05) is 28.8 Å². The van der Waals surface area contributed by atoms with E-state index in [2.05, 4.69) is 40.5 Å². The molecule has 202 valence electrons. The van der Waals surface area contributed by atoms with Crippen LogP contribution in [0.5, 0.6) is 0 Å². The molecule has 11 nitrogen and oxygen atoms in total. The van der Waals surface area contributed by atoms with Gasteiger partial charge in [0.05, 0.1) is 37.4 Å². The molecule has 0 saturated carbocycles. The number of aliphatic hydroxyl groups is 1. The summed E-state index contributed by atoms with van der Waals surface area (Å²) in [6.45, 7) is 14.5. The average molecular weight is 520 g/mol. The third-order valence-electron chi connectivity index (χ3n) is 7.53. The molecule has 0 unspecified atom stereocenters. The number of hydrogen-bond acceptors (Lipinski definition) is 9. The first-order valence-electron chi connectivity index (χ1n) is 13.5. The Morgan fingerprint density at radius 1 is 0.947 bits per heavy atom. The number of ether oxygens (including phenoxy) is 1. The van der Waals surface area contributed by atoms with Crippen LogP contribution in [0.1, 0.15) is 32.4 Å². The number of rotatable bonds is 6. The molecular formula is C27H37N9O2. The van der Waals surface area contributed by atoms with Gasteiger partial charge in [0.1, 0.15) is 11.6 Å². The molecule has 0 radical (unpaired) electrons. The van der Waals surface area contributed by atoms with E-state index in [0.29, 0.717) is 31.2 Å². The van der Waals surface area contributed by atoms with Gasteiger partial charge in [0.2, 0.25) is 5.95 Å². The molecule has 0 spiro atoms. The van der Waals surface area contributed by atoms with Gasteiger partial charge >= 0.3 is 0 Å². The highest BCUT2D eigenvalue weighted by Crippen LogP contribution is 2.28. The lowest BCUT2D eigenvalue weighted by molar-refractivity contribution is 0.0581. The van der Waals surface area contributed by atoms with Gasteiger partial charge in [0.25, 0.3) is 0 Å². The first-order chi connectivity index (χ1) is 18.4. The van der Waals surface area contributed by atoms with Gasteiger partial charge in [-0.2, -0.15) is 9.97 Å². The zero-order valence-corrected chi connectivity index (χ0v) is 22.5. The van der Waals surface area contributed by atoms with Crippen LogP contribution in [0.3, 0.4) is 0 Å². The van der Waals surface area contributed by atoms with Crippen LogP contribution < -0.4 is 4.90 Å². The summed E-state index contributed by atoms with van der Waals surface area (Å²) in [5.41, 5.74) is 3.46. The van der Waals surface area contributed by atoms with Crippen molar-refractivity contribution in [2.45, 2.75) is 39.3 Å². The number of nitrogens with zero attached hydrogens (tertiary/aromatic N) is 8. The fourth-order valence-corrected chi connectivity index (χ4v) is 5.45. The summed E-state index contributed by atoms with van der Waals surface area (Å²) >= 11 is 0. The summed E-state index contributed by atoms with van der Waals surface area (Å²) < 4.78 is 7.58. The lowest BCUT2D eigenvalue weighted by Gasteiger charge is -2.42. The van der Waals surface area contributed by atoms with Gasteiger partial charge in [-0.3, -0.25) is 14.4 Å². The van der Waals surface area contributed by atoms with Crippen molar-refractivity contribution >= 4 is 28.0 Å². The van der Waals surface area contributed by atoms with Crippen molar-refractivity contribution in [1.29, 1.82) is 0 Å². The number of morpholine rings is 1. The first-order valence-corrected chi connectivity index (χ1v) is 13.5. The number of anilines is 1. The molecule has 2 fully saturated rings. The molecule has 2 aliphatic heterocycles. The van der Waals surface area contributed by atoms with Crippen LogP contribution in [0, 0.1) is 0 Å². The quantitative estimate of drug-likeness (QED) is 0.395. The van der Waals surface area contributed by atoms with Gasteiger partial charge in [-0.1, -0.05) is 12.1 Å². The highest BCUT2D eigenvalue weighted by Gasteiger charge is 2.27. The maximum absolute atomic E-state index is 9.73. The molecule has 4 aromatic rings. The first kappa shape index (κ1) is 25.2. The highest BCUT2D eigenvalue weighted by molar-refractivity contribution is 5.85. The van der Waals surface area contributed by atoms with Crippen molar-refractivity contribution in [1.82, 2.24) is 39.3 Å². The number of imidazole rings is 2. The highest BCUT2D eigenvalue weighted by atomic mass is 16.5. The second-order valence-electron chi connectivity index (χ2n) is 11.1. The van der Waals surface area contributed by atoms with Crippen LogP contribution in [0.15, 0.2) is 24.3 Å². The zero-order valence-electron chi connectivity index (χ0n) is 22.5. The van der Waals surface area contributed by atoms with Crippen molar-refractivity contribution in [2.24, 2.45) is 0 Å². The molecule has 3 aromatic heterocycles. The second kappa shape index (κ2) is 10.2. The van der Waals surface area contributed by atoms with E-state index in [4.69, 9.17) is 24.7 Å². The van der Waals surface area contributed by atoms with E-state index in [1.54, 1.807) is 0 Å². The van der Waals surface area contributed by atoms with Crippen molar-refractivity contribution in [3.63, 3.8) is 0 Å². The Kier molecular flexibility index (Phi) is 6.77. The smallest absolute Gasteiger partial charge is 0.239 e. The van der Waals surface area contributed by atoms with E-state index in [-0.39, 0.29) is 12.1 Å². The summed E-state index contributed by atoms with van der Waals surface area (Å²) in [6, 6.07) is 7.94. The van der Waals surface area contributed by atoms with Gasteiger partial charge < -0.3 is 19.7 Å². The molecule has 2 saturated heterocycles. The van der Waals surface area contributed by atoms with Gasteiger partial charge in [0.15, 0.2) is 17.0 Å². The number of benzene rings is 1. The topological polar surface area (TPSA) is 111 Å². The molecule has 5 heterocycles. The van der Waals surface area contributed by atoms with Gasteiger partial charge in [-0.25, -0.2) is 9.97 Å². The Morgan fingerprint density at radius 2 is 1.71 bits per heavy atom. The molecule has 11 heteroatoms. The van der Waals surface area contributed by atoms with Crippen LogP contribution in [0.25, 0.3) is 28.1 Å². The number of nitrogens with one attached hydrogen (secondary N) is 1. The molecule has 0 bridgehead atoms. The summed E-state index contributed by atoms with van der Waals surface area (Å²) in [4.78, 5) is 30.5. The molecule has 2 aliphatic rings. The van der Waals surface area contributed by atoms with Gasteiger partial charge in [-0.15, -0.1) is 0 Å². The molecule has 6 rings (SSSR count). The number of para-hydroxylation sites is 2. The van der Waals surface area contributed by atoms with Crippen LogP contribution in [-0.4, -0.2) is 109 Å². The second-order valence-corrected chi connectivity index (χ2v) is 11.1. The predicted molar refractivity (Wildman–Crippen MR) is 147 cm³/mol. The summed E-state index contributed by atoms with van der Waals surface area (Å²) in [7, 11) is 0. The van der Waals surface area contributed by atoms with Crippen molar-refractivity contribution in [3.8, 4) is 5.95 Å². The molecule has 38 heavy (non-hydrogen) atoms. The summed E-state index contributed by atoms with van der Waals surface area (Å²) in [5.74, 6) is 2.97. The van der Waals surface area contributed by atoms with Gasteiger partial charge in [0, 0.05) is 51.2 Å². The van der Waals surface area contributed by atoms with Crippen LogP contribution in [0.4, 0.5) is 5.82 Å². The Balaban J connectivity index is 1.38. The van der Waals surface area contributed by atoms with E-state index in [1.165, 1.54) is 0 Å². The molecule has 0 atom stereocenters. The fourth-order valence-electron chi connectivity index (χ4n) is 5.45. The third-order valence-corrected chi connectivity index (χ3v) is 7.53. The normalized spacial score (nSPS) is 18.2. The number of aromatic amines is 1. The Labute approximate surface area is 222 Å². The van der Waals surface area contributed by atoms with E-state index in [0.717, 1.165) is 79.8 Å². The van der Waals surface area contributed by atoms with Gasteiger partial charge in [-0.05, 0) is 32.9 Å². The number of hydrogen-bond donors (Lipinski definition) is 2. The van der Waals surface area contributed by atoms with E-state index in [9.17, 15) is 5.11 Å². The number of aliphatic hydroxyl groups excluding tert-OH is 1. The monoisotopic (exact) mass is 519 g/mol. The standard InChI is InChI=1S/C27H37N9O2/c1-27(2,3)35-11-9-33(10-12-35)18-21-29-23-24(30-21)31-26(32-25(23)34-13-16-38-17-14-34)36-20-7-5-4-6-19(20)28-22(36)8-15-37/h4-7,37H,8-18H2,1-3H3,(H,29,30,31,32). The van der Waals surface area contributed by atoms with E-state index < -0.39 is 0 Å². The maximum Gasteiger partial charge on any atom is 0.239 e. The molecule has 2 N–H and O–H groups in total. The Hall–Kier alpha value is -3.12. The predicted octanol–water partition coefficient (Wildman–Crippen LogP) is 1.98. The minimum atomic E-state index is -0.00142. The number of fused-ring (bicyclic) bond motifs is 2. The summed E-state index contributed by atoms with van der Waals surface area (Å²) in [5, 5.41) is 9.73. The third kappa shape index (κ3) is 4.86. The van der Waals surface area contributed by atoms with Crippen molar-refractivity contribution < 1.29 is 9.84 Å². The molecular weight excluding hydrogens is 482 g/mol. The average Bonchev–Trinajstić information content (AvgIpc) is 3.49. The molecule has 0 amide bonds. The van der Waals surface area contributed by atoms with Crippen molar-refractivity contribution in [2.75, 3.05) is 64.0 Å². The minimum absolute atomic E-state index is 0.00142. The fraction of sp³-hybridized carbons (Fsp3) is 0.556. The SMILES string of the molecule is CC(C)(C)N1CCN(Cc2nc3c(N4CCOCC4)nc(-n4c(CCO)nc5ccccc54)nc3[nH]2)CC1. The lowest BCUT2D eigenvalue weighted by atomic mass is 10.1. The largest absolute Gasteiger partial charge is 0.396 e. The minimum Gasteiger partial charge on any atom is -0.396 e. The van der Waals surface area contributed by atoms with Crippen molar-refractivity contribution in [3.05, 3.63) is 35.9 Å². The Morgan fingerprint density at radius 3 is 2.45 bits per heavy atom. The van der Waals surface area contributed by atoms with Crippen LogP contribution >= 0.6 is 0 Å². The lowest BCUT2D eigenvalue weighted by Crippen LogP contribution is -2.53. The molecule has 0 aliphatic carbocycles. The molecule has 1 aromatic carbocycles. The van der Waals surface area contributed by atoms with E-state index >= 15 is 0 Å². The Bertz CT molecular complexity index is 1410. The van der Waals surface area contributed by atoms with Crippen LogP contribution in [0.2, 0.25) is 0 Å².